The van der Waals surface area contributed by atoms with Crippen molar-refractivity contribution in [2.24, 2.45) is 0 Å². The van der Waals surface area contributed by atoms with Gasteiger partial charge in [0.05, 0.1) is 29.5 Å². The number of benzene rings is 1. The van der Waals surface area contributed by atoms with Gasteiger partial charge in [-0.2, -0.15) is 0 Å². The Labute approximate surface area is 158 Å². The van der Waals surface area contributed by atoms with Gasteiger partial charge in [-0.3, -0.25) is 9.18 Å². The first kappa shape index (κ1) is 19.9. The van der Waals surface area contributed by atoms with Gasteiger partial charge in [0.25, 0.3) is 0 Å². The number of aromatic nitrogens is 2. The number of imidazole rings is 1. The zero-order valence-corrected chi connectivity index (χ0v) is 16.0. The predicted molar refractivity (Wildman–Crippen MR) is 104 cm³/mol. The van der Waals surface area contributed by atoms with Crippen LogP contribution in [0, 0.1) is 6.92 Å². The van der Waals surface area contributed by atoms with Crippen LogP contribution in [0.25, 0.3) is 16.9 Å². The number of likely N-dealkylation sites (N-methyl/N-ethyl adjacent to an activating group) is 1. The molecule has 0 atom stereocenters. The highest BCUT2D eigenvalue weighted by Gasteiger charge is 2.16. The van der Waals surface area contributed by atoms with Gasteiger partial charge in [0.1, 0.15) is 5.65 Å². The number of halogens is 2. The Morgan fingerprint density at radius 2 is 1.88 bits per heavy atom. The number of alkyl halides is 1. The third-order valence-electron chi connectivity index (χ3n) is 3.80. The van der Waals surface area contributed by atoms with E-state index in [1.54, 1.807) is 26.2 Å². The minimum atomic E-state index is -0.181. The van der Waals surface area contributed by atoms with E-state index < -0.39 is 0 Å². The number of aryl methyl sites for hydroxylation is 1. The largest absolute Gasteiger partial charge is 0.359 e. The van der Waals surface area contributed by atoms with Gasteiger partial charge in [-0.15, -0.1) is 0 Å². The molecule has 2 aromatic heterocycles. The summed E-state index contributed by atoms with van der Waals surface area (Å²) in [4.78, 5) is 16.5. The molecule has 1 amide bonds. The van der Waals surface area contributed by atoms with Crippen LogP contribution in [0.3, 0.4) is 0 Å². The van der Waals surface area contributed by atoms with Crippen LogP contribution in [0.1, 0.15) is 24.6 Å². The summed E-state index contributed by atoms with van der Waals surface area (Å²) in [5, 5.41) is 3.27. The zero-order chi connectivity index (χ0) is 19.1. The first-order chi connectivity index (χ1) is 12.5. The van der Waals surface area contributed by atoms with Crippen LogP contribution in [0.15, 0.2) is 42.6 Å². The number of rotatable bonds is 4. The normalized spacial score (nSPS) is 10.3. The smallest absolute Gasteiger partial charge is 0.225 e. The molecule has 1 N–H and O–H groups in total. The molecule has 6 heteroatoms. The summed E-state index contributed by atoms with van der Waals surface area (Å²) in [5.74, 6) is -0.0601. The fraction of sp³-hybridized carbons (Fsp3) is 0.300. The summed E-state index contributed by atoms with van der Waals surface area (Å²) < 4.78 is 12.6. The Balaban J connectivity index is 0.000000552. The van der Waals surface area contributed by atoms with E-state index >= 15 is 0 Å². The van der Waals surface area contributed by atoms with E-state index in [1.807, 2.05) is 41.7 Å². The van der Waals surface area contributed by atoms with Crippen LogP contribution < -0.4 is 5.32 Å². The minimum Gasteiger partial charge on any atom is -0.359 e. The Morgan fingerprint density at radius 3 is 2.46 bits per heavy atom. The number of carbonyl (C=O) groups is 1. The van der Waals surface area contributed by atoms with Gasteiger partial charge in [0.2, 0.25) is 5.91 Å². The molecule has 4 nitrogen and oxygen atoms in total. The first-order valence-electron chi connectivity index (χ1n) is 8.50. The van der Waals surface area contributed by atoms with E-state index in [0.717, 1.165) is 22.6 Å². The molecule has 0 fully saturated rings. The first-order valence-corrected chi connectivity index (χ1v) is 8.88. The van der Waals surface area contributed by atoms with Crippen LogP contribution in [-0.2, 0) is 11.2 Å². The lowest BCUT2D eigenvalue weighted by atomic mass is 10.1. The number of hydrogen-bond donors (Lipinski definition) is 1. The van der Waals surface area contributed by atoms with E-state index in [9.17, 15) is 9.18 Å². The summed E-state index contributed by atoms with van der Waals surface area (Å²) in [7, 11) is 1.63. The number of nitrogens with zero attached hydrogens (tertiary/aromatic N) is 2. The molecule has 26 heavy (non-hydrogen) atoms. The van der Waals surface area contributed by atoms with Crippen molar-refractivity contribution in [3.63, 3.8) is 0 Å². The second-order valence-electron chi connectivity index (χ2n) is 5.89. The predicted octanol–water partition coefficient (Wildman–Crippen LogP) is 4.62. The standard InChI is InChI=1S/C17H16ClN3O.C3H7F/c1-11-3-5-12(6-4-11)17-14(9-16(22)19-2)21-10-13(18)7-8-15(21)20-17;1-2-3-4/h3-8,10H,9H2,1-2H3,(H,19,22);2-3H2,1H3. The maximum atomic E-state index is 11.9. The van der Waals surface area contributed by atoms with E-state index in [4.69, 9.17) is 11.6 Å². The molecule has 0 aliphatic rings. The maximum absolute atomic E-state index is 11.9. The molecule has 0 saturated heterocycles. The molecule has 0 bridgehead atoms. The van der Waals surface area contributed by atoms with Crippen molar-refractivity contribution in [3.8, 4) is 11.3 Å². The summed E-state index contributed by atoms with van der Waals surface area (Å²) in [6, 6.07) is 11.8. The molecule has 0 aliphatic carbocycles. The molecule has 0 radical (unpaired) electrons. The number of nitrogens with one attached hydrogen (secondary N) is 1. The van der Waals surface area contributed by atoms with Gasteiger partial charge < -0.3 is 9.72 Å². The molecule has 0 saturated carbocycles. The molecule has 0 spiro atoms. The molecule has 138 valence electrons. The van der Waals surface area contributed by atoms with Crippen LogP contribution >= 0.6 is 11.6 Å². The van der Waals surface area contributed by atoms with Crippen molar-refractivity contribution in [2.75, 3.05) is 13.7 Å². The molecule has 0 aliphatic heterocycles. The van der Waals surface area contributed by atoms with Crippen LogP contribution in [0.4, 0.5) is 4.39 Å². The van der Waals surface area contributed by atoms with Crippen LogP contribution in [0.5, 0.6) is 0 Å². The van der Waals surface area contributed by atoms with Crippen molar-refractivity contribution >= 4 is 23.2 Å². The number of fused-ring (bicyclic) bond motifs is 1. The van der Waals surface area contributed by atoms with Crippen molar-refractivity contribution in [3.05, 3.63) is 58.9 Å². The van der Waals surface area contributed by atoms with Crippen LogP contribution in [0.2, 0.25) is 5.02 Å². The average molecular weight is 376 g/mol. The fourth-order valence-electron chi connectivity index (χ4n) is 2.42. The summed E-state index contributed by atoms with van der Waals surface area (Å²) in [5.41, 5.74) is 4.60. The molecular weight excluding hydrogens is 353 g/mol. The van der Waals surface area contributed by atoms with Gasteiger partial charge in [-0.1, -0.05) is 48.4 Å². The zero-order valence-electron chi connectivity index (χ0n) is 15.2. The van der Waals surface area contributed by atoms with Crippen molar-refractivity contribution in [1.82, 2.24) is 14.7 Å². The highest BCUT2D eigenvalue weighted by molar-refractivity contribution is 6.30. The maximum Gasteiger partial charge on any atom is 0.225 e. The Kier molecular flexibility index (Phi) is 7.16. The quantitative estimate of drug-likeness (QED) is 0.723. The molecular formula is C20H23ClFN3O. The SMILES string of the molecule is CCCF.CNC(=O)Cc1c(-c2ccc(C)cc2)nc2ccc(Cl)cn12. The Bertz CT molecular complexity index is 873. The highest BCUT2D eigenvalue weighted by Crippen LogP contribution is 2.26. The van der Waals surface area contributed by atoms with Crippen molar-refractivity contribution in [2.45, 2.75) is 26.7 Å². The average Bonchev–Trinajstić information content (AvgIpc) is 3.00. The molecule has 3 aromatic rings. The topological polar surface area (TPSA) is 46.4 Å². The van der Waals surface area contributed by atoms with Crippen molar-refractivity contribution < 1.29 is 9.18 Å². The Hall–Kier alpha value is -2.40. The lowest BCUT2D eigenvalue weighted by Gasteiger charge is -2.05. The lowest BCUT2D eigenvalue weighted by molar-refractivity contribution is -0.120. The third-order valence-corrected chi connectivity index (χ3v) is 4.03. The molecule has 2 heterocycles. The van der Waals surface area contributed by atoms with Gasteiger partial charge >= 0.3 is 0 Å². The van der Waals surface area contributed by atoms with Gasteiger partial charge in [0, 0.05) is 18.8 Å². The van der Waals surface area contributed by atoms with Crippen molar-refractivity contribution in [1.29, 1.82) is 0 Å². The minimum absolute atomic E-state index is 0.0601. The van der Waals surface area contributed by atoms with Crippen LogP contribution in [-0.4, -0.2) is 29.0 Å². The van der Waals surface area contributed by atoms with Gasteiger partial charge in [-0.05, 0) is 25.5 Å². The Morgan fingerprint density at radius 1 is 1.23 bits per heavy atom. The van der Waals surface area contributed by atoms with E-state index in [-0.39, 0.29) is 19.0 Å². The van der Waals surface area contributed by atoms with E-state index in [1.165, 1.54) is 5.56 Å². The lowest BCUT2D eigenvalue weighted by Crippen LogP contribution is -2.21. The second-order valence-corrected chi connectivity index (χ2v) is 6.32. The second kappa shape index (κ2) is 9.34. The number of amides is 1. The summed E-state index contributed by atoms with van der Waals surface area (Å²) >= 11 is 6.09. The fourth-order valence-corrected chi connectivity index (χ4v) is 2.58. The third kappa shape index (κ3) is 4.82. The molecule has 3 rings (SSSR count). The monoisotopic (exact) mass is 375 g/mol. The number of carbonyl (C=O) groups excluding carboxylic acids is 1. The summed E-state index contributed by atoms with van der Waals surface area (Å²) in [6.45, 7) is 3.67. The highest BCUT2D eigenvalue weighted by atomic mass is 35.5. The van der Waals surface area contributed by atoms with Gasteiger partial charge in [-0.25, -0.2) is 4.98 Å². The molecule has 1 aromatic carbocycles. The number of hydrogen-bond acceptors (Lipinski definition) is 2. The molecule has 0 unspecified atom stereocenters. The summed E-state index contributed by atoms with van der Waals surface area (Å²) in [6.07, 6.45) is 2.70. The van der Waals surface area contributed by atoms with Gasteiger partial charge in [0.15, 0.2) is 0 Å². The van der Waals surface area contributed by atoms with E-state index in [0.29, 0.717) is 11.4 Å². The number of pyridine rings is 1. The van der Waals surface area contributed by atoms with E-state index in [2.05, 4.69) is 10.3 Å².